The highest BCUT2D eigenvalue weighted by molar-refractivity contribution is 5.94. The minimum Gasteiger partial charge on any atom is -0.502 e. The molecular formula is C16H14F2N2O5. The molecular weight excluding hydrogens is 338 g/mol. The van der Waals surface area contributed by atoms with Crippen molar-refractivity contribution in [1.82, 2.24) is 4.90 Å². The third-order valence-corrected chi connectivity index (χ3v) is 3.33. The Bertz CT molecular complexity index is 781. The van der Waals surface area contributed by atoms with E-state index >= 15 is 0 Å². The van der Waals surface area contributed by atoms with Crippen LogP contribution in [0.5, 0.6) is 11.5 Å². The maximum Gasteiger partial charge on any atom is 0.387 e. The summed E-state index contributed by atoms with van der Waals surface area (Å²) in [6.07, 6.45) is 0. The summed E-state index contributed by atoms with van der Waals surface area (Å²) in [4.78, 5) is 23.6. The second-order valence-corrected chi connectivity index (χ2v) is 5.14. The van der Waals surface area contributed by atoms with E-state index < -0.39 is 28.9 Å². The van der Waals surface area contributed by atoms with Crippen LogP contribution in [0.1, 0.15) is 15.9 Å². The van der Waals surface area contributed by atoms with Gasteiger partial charge in [-0.3, -0.25) is 14.9 Å². The second-order valence-electron chi connectivity index (χ2n) is 5.14. The number of nitro benzene ring substituents is 1. The fourth-order valence-electron chi connectivity index (χ4n) is 2.15. The molecule has 1 amide bonds. The van der Waals surface area contributed by atoms with Crippen LogP contribution in [0.15, 0.2) is 42.5 Å². The first-order valence-electron chi connectivity index (χ1n) is 7.04. The molecule has 132 valence electrons. The van der Waals surface area contributed by atoms with Crippen molar-refractivity contribution in [3.63, 3.8) is 0 Å². The molecule has 0 aromatic heterocycles. The number of carbonyl (C=O) groups excluding carboxylic acids is 1. The summed E-state index contributed by atoms with van der Waals surface area (Å²) < 4.78 is 28.4. The summed E-state index contributed by atoms with van der Waals surface area (Å²) in [6, 6.07) is 9.11. The Morgan fingerprint density at radius 2 is 1.92 bits per heavy atom. The third kappa shape index (κ3) is 4.63. The maximum absolute atomic E-state index is 12.3. The Balaban J connectivity index is 2.07. The van der Waals surface area contributed by atoms with E-state index in [0.29, 0.717) is 5.56 Å². The zero-order valence-electron chi connectivity index (χ0n) is 13.1. The summed E-state index contributed by atoms with van der Waals surface area (Å²) in [5, 5.41) is 20.3. The van der Waals surface area contributed by atoms with Crippen LogP contribution in [0.25, 0.3) is 0 Å². The number of halogens is 2. The molecule has 0 unspecified atom stereocenters. The maximum atomic E-state index is 12.3. The molecule has 0 fully saturated rings. The monoisotopic (exact) mass is 352 g/mol. The lowest BCUT2D eigenvalue weighted by molar-refractivity contribution is -0.385. The number of hydrogen-bond donors (Lipinski definition) is 1. The Labute approximate surface area is 141 Å². The molecule has 9 heteroatoms. The van der Waals surface area contributed by atoms with Crippen LogP contribution in [0.4, 0.5) is 14.5 Å². The van der Waals surface area contributed by atoms with Crippen LogP contribution in [0.3, 0.4) is 0 Å². The van der Waals surface area contributed by atoms with Gasteiger partial charge in [-0.05, 0) is 29.8 Å². The van der Waals surface area contributed by atoms with Gasteiger partial charge in [0, 0.05) is 25.2 Å². The van der Waals surface area contributed by atoms with Gasteiger partial charge in [-0.15, -0.1) is 0 Å². The number of benzene rings is 2. The highest BCUT2D eigenvalue weighted by Gasteiger charge is 2.18. The number of phenolic OH excluding ortho intramolecular Hbond substituents is 1. The summed E-state index contributed by atoms with van der Waals surface area (Å²) in [6.45, 7) is -2.74. The largest absolute Gasteiger partial charge is 0.502 e. The quantitative estimate of drug-likeness (QED) is 0.637. The fraction of sp³-hybridized carbons (Fsp3) is 0.188. The van der Waals surface area contributed by atoms with E-state index in [2.05, 4.69) is 4.74 Å². The summed E-state index contributed by atoms with van der Waals surface area (Å²) in [5.41, 5.74) is 0.265. The first-order valence-corrected chi connectivity index (χ1v) is 7.04. The van der Waals surface area contributed by atoms with E-state index in [0.717, 1.165) is 12.1 Å². The van der Waals surface area contributed by atoms with E-state index in [-0.39, 0.29) is 17.9 Å². The SMILES string of the molecule is CN(Cc1ccc(OC(F)F)cc1)C(=O)c1ccc([N+](=O)[O-])c(O)c1. The molecule has 1 N–H and O–H groups in total. The minimum absolute atomic E-state index is 0.00743. The number of amides is 1. The first-order chi connectivity index (χ1) is 11.8. The Morgan fingerprint density at radius 1 is 1.28 bits per heavy atom. The van der Waals surface area contributed by atoms with Gasteiger partial charge in [0.2, 0.25) is 0 Å². The number of carbonyl (C=O) groups is 1. The van der Waals surface area contributed by atoms with Crippen molar-refractivity contribution in [3.05, 3.63) is 63.7 Å². The zero-order valence-corrected chi connectivity index (χ0v) is 13.1. The summed E-state index contributed by atoms with van der Waals surface area (Å²) in [5.74, 6) is -1.05. The molecule has 7 nitrogen and oxygen atoms in total. The summed E-state index contributed by atoms with van der Waals surface area (Å²) >= 11 is 0. The van der Waals surface area contributed by atoms with Crippen molar-refractivity contribution in [2.75, 3.05) is 7.05 Å². The van der Waals surface area contributed by atoms with Crippen molar-refractivity contribution < 1.29 is 28.3 Å². The van der Waals surface area contributed by atoms with Crippen molar-refractivity contribution in [1.29, 1.82) is 0 Å². The molecule has 0 radical (unpaired) electrons. The van der Waals surface area contributed by atoms with E-state index in [1.165, 1.54) is 42.3 Å². The molecule has 0 saturated heterocycles. The average Bonchev–Trinajstić information content (AvgIpc) is 2.55. The average molecular weight is 352 g/mol. The van der Waals surface area contributed by atoms with Gasteiger partial charge < -0.3 is 14.7 Å². The van der Waals surface area contributed by atoms with E-state index in [9.17, 15) is 28.8 Å². The highest BCUT2D eigenvalue weighted by Crippen LogP contribution is 2.27. The van der Waals surface area contributed by atoms with Crippen molar-refractivity contribution in [3.8, 4) is 11.5 Å². The van der Waals surface area contributed by atoms with Crippen LogP contribution >= 0.6 is 0 Å². The lowest BCUT2D eigenvalue weighted by Gasteiger charge is -2.17. The molecule has 0 spiro atoms. The van der Waals surface area contributed by atoms with Gasteiger partial charge in [-0.1, -0.05) is 12.1 Å². The van der Waals surface area contributed by atoms with E-state index in [4.69, 9.17) is 0 Å². The third-order valence-electron chi connectivity index (χ3n) is 3.33. The van der Waals surface area contributed by atoms with Crippen molar-refractivity contribution in [2.45, 2.75) is 13.2 Å². The van der Waals surface area contributed by atoms with Gasteiger partial charge in [-0.2, -0.15) is 8.78 Å². The molecule has 0 aliphatic carbocycles. The zero-order chi connectivity index (χ0) is 18.6. The van der Waals surface area contributed by atoms with Crippen LogP contribution in [0, 0.1) is 10.1 Å². The van der Waals surface area contributed by atoms with E-state index in [1.807, 2.05) is 0 Å². The Hall–Kier alpha value is -3.23. The van der Waals surface area contributed by atoms with Gasteiger partial charge in [0.15, 0.2) is 5.75 Å². The number of nitrogens with zero attached hydrogens (tertiary/aromatic N) is 2. The molecule has 2 rings (SSSR count). The Morgan fingerprint density at radius 3 is 2.44 bits per heavy atom. The molecule has 0 saturated carbocycles. The normalized spacial score (nSPS) is 10.6. The Kier molecular flexibility index (Phi) is 5.48. The van der Waals surface area contributed by atoms with Crippen LogP contribution < -0.4 is 4.74 Å². The standard InChI is InChI=1S/C16H14F2N2O5/c1-19(9-10-2-5-12(6-3-10)25-16(17)18)15(22)11-4-7-13(20(23)24)14(21)8-11/h2-8,16,21H,9H2,1H3. The van der Waals surface area contributed by atoms with Gasteiger partial charge in [0.05, 0.1) is 4.92 Å². The predicted molar refractivity (Wildman–Crippen MR) is 83.6 cm³/mol. The van der Waals surface area contributed by atoms with Crippen LogP contribution in [-0.2, 0) is 6.54 Å². The molecule has 0 heterocycles. The number of aromatic hydroxyl groups is 1. The number of ether oxygens (including phenoxy) is 1. The predicted octanol–water partition coefficient (Wildman–Crippen LogP) is 3.17. The number of nitro groups is 1. The number of alkyl halides is 2. The first kappa shape index (κ1) is 18.1. The van der Waals surface area contributed by atoms with Gasteiger partial charge >= 0.3 is 12.3 Å². The molecule has 25 heavy (non-hydrogen) atoms. The molecule has 2 aromatic rings. The summed E-state index contributed by atoms with van der Waals surface area (Å²) in [7, 11) is 1.50. The van der Waals surface area contributed by atoms with Crippen LogP contribution in [0.2, 0.25) is 0 Å². The second kappa shape index (κ2) is 7.56. The molecule has 0 aliphatic heterocycles. The molecule has 0 bridgehead atoms. The topological polar surface area (TPSA) is 92.9 Å². The highest BCUT2D eigenvalue weighted by atomic mass is 19.3. The minimum atomic E-state index is -2.91. The fourth-order valence-corrected chi connectivity index (χ4v) is 2.15. The molecule has 2 aromatic carbocycles. The number of hydrogen-bond acceptors (Lipinski definition) is 5. The molecule has 0 aliphatic rings. The lowest BCUT2D eigenvalue weighted by Crippen LogP contribution is -2.26. The van der Waals surface area contributed by atoms with Crippen molar-refractivity contribution >= 4 is 11.6 Å². The van der Waals surface area contributed by atoms with Gasteiger partial charge in [-0.25, -0.2) is 0 Å². The van der Waals surface area contributed by atoms with Crippen molar-refractivity contribution in [2.24, 2.45) is 0 Å². The van der Waals surface area contributed by atoms with Gasteiger partial charge in [0.1, 0.15) is 5.75 Å². The molecule has 0 atom stereocenters. The number of rotatable bonds is 6. The van der Waals surface area contributed by atoms with E-state index in [1.54, 1.807) is 0 Å². The smallest absolute Gasteiger partial charge is 0.387 e. The lowest BCUT2D eigenvalue weighted by atomic mass is 10.1. The van der Waals surface area contributed by atoms with Gasteiger partial charge in [0.25, 0.3) is 5.91 Å². The van der Waals surface area contributed by atoms with Crippen LogP contribution in [-0.4, -0.2) is 34.5 Å². The number of phenols is 1.